The zero-order valence-corrected chi connectivity index (χ0v) is 16.6. The molecule has 2 N–H and O–H groups in total. The van der Waals surface area contributed by atoms with Gasteiger partial charge < -0.3 is 10.3 Å². The molecule has 0 radical (unpaired) electrons. The number of amides is 2. The number of hydrogen-bond donors (Lipinski definition) is 2. The van der Waals surface area contributed by atoms with Gasteiger partial charge in [-0.3, -0.25) is 14.5 Å². The van der Waals surface area contributed by atoms with Crippen molar-refractivity contribution in [1.29, 1.82) is 0 Å². The van der Waals surface area contributed by atoms with Gasteiger partial charge in [0.25, 0.3) is 11.8 Å². The molecule has 6 nitrogen and oxygen atoms in total. The van der Waals surface area contributed by atoms with Crippen LogP contribution < -0.4 is 5.32 Å². The molecular formula is C22H28N4O2. The molecule has 2 rings (SSSR count). The van der Waals surface area contributed by atoms with Crippen LogP contribution in [0.4, 0.5) is 0 Å². The van der Waals surface area contributed by atoms with Crippen molar-refractivity contribution < 1.29 is 9.59 Å². The zero-order chi connectivity index (χ0) is 20.5. The number of imide groups is 1. The van der Waals surface area contributed by atoms with Gasteiger partial charge in [-0.25, -0.2) is 4.98 Å². The van der Waals surface area contributed by atoms with E-state index in [1.165, 1.54) is 11.0 Å². The largest absolute Gasteiger partial charge is 0.341 e. The molecule has 1 aromatic heterocycles. The van der Waals surface area contributed by atoms with E-state index < -0.39 is 0 Å². The summed E-state index contributed by atoms with van der Waals surface area (Å²) in [6.07, 6.45) is 12.1. The van der Waals surface area contributed by atoms with Crippen molar-refractivity contribution in [2.75, 3.05) is 13.1 Å². The number of aromatic nitrogens is 2. The number of allylic oxidation sites excluding steroid dienone is 2. The van der Waals surface area contributed by atoms with Crippen LogP contribution in [0.5, 0.6) is 0 Å². The van der Waals surface area contributed by atoms with Crippen molar-refractivity contribution in [3.63, 3.8) is 0 Å². The van der Waals surface area contributed by atoms with Crippen LogP contribution in [0.1, 0.15) is 43.9 Å². The van der Waals surface area contributed by atoms with Crippen LogP contribution in [0.2, 0.25) is 0 Å². The molecule has 0 saturated heterocycles. The van der Waals surface area contributed by atoms with E-state index in [0.29, 0.717) is 24.2 Å². The quantitative estimate of drug-likeness (QED) is 0.456. The summed E-state index contributed by atoms with van der Waals surface area (Å²) in [6.45, 7) is 13.0. The average molecular weight is 380 g/mol. The summed E-state index contributed by atoms with van der Waals surface area (Å²) in [4.78, 5) is 33.8. The van der Waals surface area contributed by atoms with Crippen LogP contribution in [-0.2, 0) is 16.1 Å². The first-order valence-electron chi connectivity index (χ1n) is 9.47. The van der Waals surface area contributed by atoms with Gasteiger partial charge in [-0.2, -0.15) is 0 Å². The minimum Gasteiger partial charge on any atom is -0.341 e. The zero-order valence-electron chi connectivity index (χ0n) is 16.6. The maximum absolute atomic E-state index is 12.4. The van der Waals surface area contributed by atoms with Gasteiger partial charge in [-0.15, -0.1) is 0 Å². The Balaban J connectivity index is 1.77. The molecule has 2 amide bonds. The predicted octanol–water partition coefficient (Wildman–Crippen LogP) is 3.38. The molecule has 1 aliphatic rings. The summed E-state index contributed by atoms with van der Waals surface area (Å²) in [5, 5.41) is 3.33. The summed E-state index contributed by atoms with van der Waals surface area (Å²) >= 11 is 0. The molecule has 0 saturated carbocycles. The minimum absolute atomic E-state index is 0.241. The maximum Gasteiger partial charge on any atom is 0.261 e. The van der Waals surface area contributed by atoms with E-state index in [-0.39, 0.29) is 11.8 Å². The first-order valence-corrected chi connectivity index (χ1v) is 9.47. The van der Waals surface area contributed by atoms with Crippen LogP contribution >= 0.6 is 0 Å². The normalized spacial score (nSPS) is 14.9. The van der Waals surface area contributed by atoms with Crippen LogP contribution in [0.3, 0.4) is 0 Å². The molecule has 1 aliphatic heterocycles. The highest BCUT2D eigenvalue weighted by atomic mass is 16.2. The van der Waals surface area contributed by atoms with Gasteiger partial charge >= 0.3 is 0 Å². The summed E-state index contributed by atoms with van der Waals surface area (Å²) in [7, 11) is 0. The van der Waals surface area contributed by atoms with E-state index in [4.69, 9.17) is 0 Å². The van der Waals surface area contributed by atoms with Gasteiger partial charge in [0.05, 0.1) is 29.1 Å². The van der Waals surface area contributed by atoms with Gasteiger partial charge in [0.15, 0.2) is 0 Å². The number of hydrogen-bond acceptors (Lipinski definition) is 4. The maximum atomic E-state index is 12.4. The third kappa shape index (κ3) is 4.84. The Labute approximate surface area is 166 Å². The Morgan fingerprint density at radius 3 is 2.39 bits per heavy atom. The Morgan fingerprint density at radius 1 is 1.04 bits per heavy atom. The van der Waals surface area contributed by atoms with E-state index in [1.807, 2.05) is 26.0 Å². The lowest BCUT2D eigenvalue weighted by atomic mass is 10.1. The fourth-order valence-corrected chi connectivity index (χ4v) is 3.05. The van der Waals surface area contributed by atoms with Crippen molar-refractivity contribution in [2.24, 2.45) is 0 Å². The number of rotatable bonds is 11. The number of unbranched alkanes of at least 4 members (excludes halogenated alkanes) is 1. The number of carbonyl (C=O) groups is 2. The lowest BCUT2D eigenvalue weighted by molar-refractivity contribution is -0.137. The molecule has 0 atom stereocenters. The molecule has 0 spiro atoms. The molecule has 2 heterocycles. The number of nitrogens with zero attached hydrogens (tertiary/aromatic N) is 2. The van der Waals surface area contributed by atoms with Gasteiger partial charge in [0, 0.05) is 6.54 Å². The Hall–Kier alpha value is -2.99. The highest BCUT2D eigenvalue weighted by molar-refractivity contribution is 6.21. The van der Waals surface area contributed by atoms with Crippen LogP contribution in [0.15, 0.2) is 48.6 Å². The molecule has 148 valence electrons. The van der Waals surface area contributed by atoms with Crippen molar-refractivity contribution in [1.82, 2.24) is 20.2 Å². The SMILES string of the molecule is C=CC1=C(/C=C\C)C(=O)N(CCCCNCc2nc(C=C)c(/C=C\C)[nH]2)C1=O. The molecule has 0 aliphatic carbocycles. The first kappa shape index (κ1) is 21.3. The number of carbonyl (C=O) groups excluding carboxylic acids is 2. The summed E-state index contributed by atoms with van der Waals surface area (Å²) in [5.74, 6) is 0.351. The van der Waals surface area contributed by atoms with E-state index in [9.17, 15) is 9.59 Å². The average Bonchev–Trinajstić information content (AvgIpc) is 3.18. The van der Waals surface area contributed by atoms with E-state index in [0.717, 1.165) is 36.6 Å². The van der Waals surface area contributed by atoms with E-state index >= 15 is 0 Å². The van der Waals surface area contributed by atoms with Crippen molar-refractivity contribution in [3.8, 4) is 0 Å². The fraction of sp³-hybridized carbons (Fsp3) is 0.318. The molecule has 0 unspecified atom stereocenters. The Bertz CT molecular complexity index is 843. The number of nitrogens with one attached hydrogen (secondary N) is 2. The third-order valence-corrected chi connectivity index (χ3v) is 4.39. The summed E-state index contributed by atoms with van der Waals surface area (Å²) in [6, 6.07) is 0. The molecule has 0 aromatic carbocycles. The molecule has 1 aromatic rings. The molecule has 0 bridgehead atoms. The van der Waals surface area contributed by atoms with Gasteiger partial charge in [0.2, 0.25) is 0 Å². The lowest BCUT2D eigenvalue weighted by Crippen LogP contribution is -2.33. The summed E-state index contributed by atoms with van der Waals surface area (Å²) in [5.41, 5.74) is 2.59. The van der Waals surface area contributed by atoms with Gasteiger partial charge in [-0.1, -0.05) is 37.5 Å². The fourth-order valence-electron chi connectivity index (χ4n) is 3.05. The second-order valence-corrected chi connectivity index (χ2v) is 6.36. The summed E-state index contributed by atoms with van der Waals surface area (Å²) < 4.78 is 0. The standard InChI is InChI=1S/C22H28N4O2/c1-5-11-17-16(7-3)21(27)26(22(17)28)14-10-9-13-23-15-20-24-18(8-4)19(25-20)12-6-2/h5-8,11-12,23H,3-4,9-10,13-15H2,1-2H3,(H,24,25)/b11-5-,12-6-. The molecule has 28 heavy (non-hydrogen) atoms. The number of imidazole rings is 1. The topological polar surface area (TPSA) is 78.1 Å². The van der Waals surface area contributed by atoms with E-state index in [2.05, 4.69) is 28.4 Å². The Morgan fingerprint density at radius 2 is 1.75 bits per heavy atom. The van der Waals surface area contributed by atoms with Crippen LogP contribution in [0, 0.1) is 0 Å². The Kier molecular flexibility index (Phi) is 7.89. The molecule has 0 fully saturated rings. The van der Waals surface area contributed by atoms with Gasteiger partial charge in [-0.05, 0) is 45.4 Å². The molecule has 6 heteroatoms. The highest BCUT2D eigenvalue weighted by Crippen LogP contribution is 2.23. The number of aromatic amines is 1. The monoisotopic (exact) mass is 380 g/mol. The first-order chi connectivity index (χ1) is 13.6. The van der Waals surface area contributed by atoms with Gasteiger partial charge in [0.1, 0.15) is 5.82 Å². The number of H-pyrrole nitrogens is 1. The van der Waals surface area contributed by atoms with Crippen molar-refractivity contribution in [3.05, 3.63) is 65.8 Å². The third-order valence-electron chi connectivity index (χ3n) is 4.39. The van der Waals surface area contributed by atoms with Crippen LogP contribution in [-0.4, -0.2) is 39.8 Å². The molecular weight excluding hydrogens is 352 g/mol. The predicted molar refractivity (Wildman–Crippen MR) is 113 cm³/mol. The van der Waals surface area contributed by atoms with Crippen molar-refractivity contribution >= 4 is 24.0 Å². The van der Waals surface area contributed by atoms with E-state index in [1.54, 1.807) is 18.2 Å². The second-order valence-electron chi connectivity index (χ2n) is 6.36. The lowest BCUT2D eigenvalue weighted by Gasteiger charge is -2.14. The van der Waals surface area contributed by atoms with Crippen LogP contribution in [0.25, 0.3) is 12.2 Å². The smallest absolute Gasteiger partial charge is 0.261 e. The minimum atomic E-state index is -0.259. The highest BCUT2D eigenvalue weighted by Gasteiger charge is 2.34. The second kappa shape index (κ2) is 10.4. The van der Waals surface area contributed by atoms with Crippen molar-refractivity contribution in [2.45, 2.75) is 33.2 Å².